The van der Waals surface area contributed by atoms with E-state index in [1.54, 1.807) is 24.3 Å². The summed E-state index contributed by atoms with van der Waals surface area (Å²) >= 11 is 0. The van der Waals surface area contributed by atoms with E-state index in [0.717, 1.165) is 16.3 Å². The molecular formula is C17H14N2O4. The molecule has 2 heterocycles. The number of hydrogen-bond donors (Lipinski definition) is 2. The number of hydrogen-bond acceptors (Lipinski definition) is 4. The summed E-state index contributed by atoms with van der Waals surface area (Å²) in [6, 6.07) is 8.18. The van der Waals surface area contributed by atoms with Gasteiger partial charge in [-0.05, 0) is 29.5 Å². The number of benzene rings is 2. The van der Waals surface area contributed by atoms with Gasteiger partial charge in [-0.15, -0.1) is 0 Å². The minimum absolute atomic E-state index is 0.118. The molecule has 2 aliphatic heterocycles. The van der Waals surface area contributed by atoms with Crippen LogP contribution >= 0.6 is 0 Å². The van der Waals surface area contributed by atoms with Crippen LogP contribution in [0.3, 0.4) is 0 Å². The molecule has 1 fully saturated rings. The van der Waals surface area contributed by atoms with E-state index in [2.05, 4.69) is 5.32 Å². The number of anilines is 1. The van der Waals surface area contributed by atoms with Gasteiger partial charge in [0.1, 0.15) is 6.04 Å². The van der Waals surface area contributed by atoms with E-state index >= 15 is 0 Å². The first-order valence-electron chi connectivity index (χ1n) is 7.44. The molecule has 3 amide bonds. The number of nitrogens with zero attached hydrogens (tertiary/aromatic N) is 1. The lowest BCUT2D eigenvalue weighted by molar-refractivity contribution is -0.134. The summed E-state index contributed by atoms with van der Waals surface area (Å²) < 4.78 is 0. The Hall–Kier alpha value is -2.73. The van der Waals surface area contributed by atoms with Crippen molar-refractivity contribution in [1.29, 1.82) is 0 Å². The van der Waals surface area contributed by atoms with E-state index in [4.69, 9.17) is 0 Å². The van der Waals surface area contributed by atoms with Gasteiger partial charge >= 0.3 is 0 Å². The Bertz CT molecular complexity index is 874. The number of aliphatic hydroxyl groups excluding tert-OH is 1. The van der Waals surface area contributed by atoms with Crippen molar-refractivity contribution < 1.29 is 19.5 Å². The highest BCUT2D eigenvalue weighted by molar-refractivity contribution is 6.27. The Kier molecular flexibility index (Phi) is 2.96. The molecule has 116 valence electrons. The fraction of sp³-hybridized carbons (Fsp3) is 0.235. The van der Waals surface area contributed by atoms with Crippen LogP contribution in [-0.4, -0.2) is 28.9 Å². The second-order valence-corrected chi connectivity index (χ2v) is 5.77. The summed E-state index contributed by atoms with van der Waals surface area (Å²) in [6.07, 6.45) is 0.530. The minimum atomic E-state index is -0.684. The number of nitrogens with one attached hydrogen (secondary N) is 1. The molecule has 0 saturated carbocycles. The van der Waals surface area contributed by atoms with E-state index in [9.17, 15) is 19.5 Å². The zero-order valence-electron chi connectivity index (χ0n) is 12.2. The van der Waals surface area contributed by atoms with E-state index in [0.29, 0.717) is 17.7 Å². The Morgan fingerprint density at radius 1 is 1.17 bits per heavy atom. The van der Waals surface area contributed by atoms with Crippen molar-refractivity contribution in [2.45, 2.75) is 25.5 Å². The average molecular weight is 310 g/mol. The van der Waals surface area contributed by atoms with Crippen molar-refractivity contribution in [1.82, 2.24) is 5.32 Å². The molecular weight excluding hydrogens is 296 g/mol. The maximum absolute atomic E-state index is 12.8. The molecule has 0 spiro atoms. The molecule has 1 unspecified atom stereocenters. The highest BCUT2D eigenvalue weighted by Gasteiger charge is 2.40. The molecule has 0 aliphatic carbocycles. The number of carbonyl (C=O) groups excluding carboxylic acids is 3. The molecule has 2 aliphatic rings. The van der Waals surface area contributed by atoms with Gasteiger partial charge in [-0.25, -0.2) is 0 Å². The minimum Gasteiger partial charge on any atom is -0.392 e. The standard InChI is InChI=1S/C17H14N2O4/c20-8-9-4-5-11-15-10(9)2-1-3-12(15)19(17(11)23)13-6-7-14(21)18-16(13)22/h1-5,13,20H,6-8H2,(H,18,21,22). The highest BCUT2D eigenvalue weighted by Crippen LogP contribution is 2.40. The summed E-state index contributed by atoms with van der Waals surface area (Å²) in [6.45, 7) is -0.118. The van der Waals surface area contributed by atoms with Gasteiger partial charge in [-0.2, -0.15) is 0 Å². The fourth-order valence-electron chi connectivity index (χ4n) is 3.44. The first-order valence-corrected chi connectivity index (χ1v) is 7.44. The van der Waals surface area contributed by atoms with E-state index in [1.165, 1.54) is 4.90 Å². The maximum Gasteiger partial charge on any atom is 0.259 e. The Labute approximate surface area is 131 Å². The summed E-state index contributed by atoms with van der Waals surface area (Å²) in [5, 5.41) is 13.4. The van der Waals surface area contributed by atoms with Gasteiger partial charge in [0, 0.05) is 17.4 Å². The van der Waals surface area contributed by atoms with Gasteiger partial charge < -0.3 is 5.11 Å². The predicted octanol–water partition coefficient (Wildman–Crippen LogP) is 1.10. The van der Waals surface area contributed by atoms with Crippen LogP contribution in [0.25, 0.3) is 10.8 Å². The first-order chi connectivity index (χ1) is 11.1. The van der Waals surface area contributed by atoms with Crippen LogP contribution in [0.2, 0.25) is 0 Å². The molecule has 1 atom stereocenters. The molecule has 23 heavy (non-hydrogen) atoms. The van der Waals surface area contributed by atoms with Crippen LogP contribution in [0.4, 0.5) is 5.69 Å². The zero-order chi connectivity index (χ0) is 16.1. The molecule has 1 saturated heterocycles. The first kappa shape index (κ1) is 13.9. The van der Waals surface area contributed by atoms with Gasteiger partial charge in [-0.3, -0.25) is 24.6 Å². The lowest BCUT2D eigenvalue weighted by Gasteiger charge is -2.30. The number of piperidine rings is 1. The highest BCUT2D eigenvalue weighted by atomic mass is 16.3. The summed E-state index contributed by atoms with van der Waals surface area (Å²) in [5.41, 5.74) is 1.92. The summed E-state index contributed by atoms with van der Waals surface area (Å²) in [7, 11) is 0. The van der Waals surface area contributed by atoms with Crippen LogP contribution < -0.4 is 10.2 Å². The third kappa shape index (κ3) is 1.88. The quantitative estimate of drug-likeness (QED) is 0.813. The maximum atomic E-state index is 12.8. The lowest BCUT2D eigenvalue weighted by Crippen LogP contribution is -2.53. The third-order valence-corrected chi connectivity index (χ3v) is 4.51. The number of amides is 3. The molecule has 0 bridgehead atoms. The van der Waals surface area contributed by atoms with Crippen LogP contribution in [0, 0.1) is 0 Å². The summed E-state index contributed by atoms with van der Waals surface area (Å²) in [4.78, 5) is 37.8. The fourth-order valence-corrected chi connectivity index (χ4v) is 3.44. The van der Waals surface area contributed by atoms with Crippen LogP contribution in [0.5, 0.6) is 0 Å². The Balaban J connectivity index is 1.88. The normalized spacial score (nSPS) is 20.3. The largest absolute Gasteiger partial charge is 0.392 e. The van der Waals surface area contributed by atoms with Crippen LogP contribution in [0.1, 0.15) is 28.8 Å². The zero-order valence-corrected chi connectivity index (χ0v) is 12.2. The van der Waals surface area contributed by atoms with Crippen molar-refractivity contribution in [3.8, 4) is 0 Å². The SMILES string of the molecule is O=C1CCC(N2C(=O)c3ccc(CO)c4cccc2c34)C(=O)N1. The molecule has 2 N–H and O–H groups in total. The van der Waals surface area contributed by atoms with Crippen molar-refractivity contribution in [3.05, 3.63) is 41.5 Å². The van der Waals surface area contributed by atoms with Gasteiger partial charge in [-0.1, -0.05) is 18.2 Å². The van der Waals surface area contributed by atoms with Crippen molar-refractivity contribution >= 4 is 34.2 Å². The van der Waals surface area contributed by atoms with Gasteiger partial charge in [0.15, 0.2) is 0 Å². The van der Waals surface area contributed by atoms with Gasteiger partial charge in [0.25, 0.3) is 5.91 Å². The Morgan fingerprint density at radius 3 is 2.74 bits per heavy atom. The van der Waals surface area contributed by atoms with Gasteiger partial charge in [0.05, 0.1) is 12.3 Å². The smallest absolute Gasteiger partial charge is 0.259 e. The second-order valence-electron chi connectivity index (χ2n) is 5.77. The third-order valence-electron chi connectivity index (χ3n) is 4.51. The second kappa shape index (κ2) is 4.89. The molecule has 0 aromatic heterocycles. The predicted molar refractivity (Wildman–Crippen MR) is 82.9 cm³/mol. The topological polar surface area (TPSA) is 86.7 Å². The number of imide groups is 1. The average Bonchev–Trinajstić information content (AvgIpc) is 2.83. The molecule has 6 nitrogen and oxygen atoms in total. The number of aliphatic hydroxyl groups is 1. The van der Waals surface area contributed by atoms with Crippen molar-refractivity contribution in [2.24, 2.45) is 0 Å². The molecule has 2 aromatic carbocycles. The van der Waals surface area contributed by atoms with Crippen LogP contribution in [-0.2, 0) is 16.2 Å². The number of rotatable bonds is 2. The van der Waals surface area contributed by atoms with E-state index < -0.39 is 11.9 Å². The lowest BCUT2D eigenvalue weighted by atomic mass is 10.0. The molecule has 4 rings (SSSR count). The van der Waals surface area contributed by atoms with E-state index in [1.807, 2.05) is 6.07 Å². The molecule has 6 heteroatoms. The van der Waals surface area contributed by atoms with Crippen molar-refractivity contribution in [2.75, 3.05) is 4.90 Å². The van der Waals surface area contributed by atoms with Crippen molar-refractivity contribution in [3.63, 3.8) is 0 Å². The van der Waals surface area contributed by atoms with Crippen LogP contribution in [0.15, 0.2) is 30.3 Å². The number of carbonyl (C=O) groups is 3. The Morgan fingerprint density at radius 2 is 2.00 bits per heavy atom. The van der Waals surface area contributed by atoms with E-state index in [-0.39, 0.29) is 24.8 Å². The van der Waals surface area contributed by atoms with Gasteiger partial charge in [0.2, 0.25) is 11.8 Å². The summed E-state index contributed by atoms with van der Waals surface area (Å²) in [5.74, 6) is -0.992. The monoisotopic (exact) mass is 310 g/mol. The molecule has 2 aromatic rings. The molecule has 0 radical (unpaired) electrons.